The second-order valence-corrected chi connectivity index (χ2v) is 8.77. The highest BCUT2D eigenvalue weighted by Crippen LogP contribution is 2.42. The summed E-state index contributed by atoms with van der Waals surface area (Å²) < 4.78 is 13.0. The SMILES string of the molecule is C/C(=N\O)c1ccc(Sc2cc([C@@]3(C)COC(C)(C)O3)cs2)cc1. The molecule has 24 heavy (non-hydrogen) atoms. The Hall–Kier alpha value is -1.34. The number of thiophene rings is 1. The monoisotopic (exact) mass is 363 g/mol. The van der Waals surface area contributed by atoms with Crippen LogP contribution in [0, 0.1) is 0 Å². The van der Waals surface area contributed by atoms with E-state index in [4.69, 9.17) is 14.7 Å². The van der Waals surface area contributed by atoms with E-state index in [-0.39, 0.29) is 0 Å². The van der Waals surface area contributed by atoms with Crippen molar-refractivity contribution in [2.75, 3.05) is 6.61 Å². The summed E-state index contributed by atoms with van der Waals surface area (Å²) >= 11 is 3.42. The highest BCUT2D eigenvalue weighted by molar-refractivity contribution is 8.01. The van der Waals surface area contributed by atoms with Crippen LogP contribution in [-0.2, 0) is 15.1 Å². The first-order chi connectivity index (χ1) is 11.3. The van der Waals surface area contributed by atoms with Gasteiger partial charge in [-0.3, -0.25) is 0 Å². The molecular weight excluding hydrogens is 342 g/mol. The molecule has 0 saturated carbocycles. The average Bonchev–Trinajstić information content (AvgIpc) is 3.12. The third-order valence-electron chi connectivity index (χ3n) is 3.99. The molecule has 1 aromatic heterocycles. The first kappa shape index (κ1) is 17.5. The Morgan fingerprint density at radius 3 is 2.54 bits per heavy atom. The van der Waals surface area contributed by atoms with Gasteiger partial charge in [-0.25, -0.2) is 0 Å². The van der Waals surface area contributed by atoms with Crippen LogP contribution in [0.1, 0.15) is 38.8 Å². The van der Waals surface area contributed by atoms with Crippen LogP contribution in [0.15, 0.2) is 50.0 Å². The maximum Gasteiger partial charge on any atom is 0.164 e. The van der Waals surface area contributed by atoms with Gasteiger partial charge in [-0.15, -0.1) is 11.3 Å². The molecule has 1 aliphatic rings. The summed E-state index contributed by atoms with van der Waals surface area (Å²) in [5, 5.41) is 14.2. The third-order valence-corrected chi connectivity index (χ3v) is 6.08. The van der Waals surface area contributed by atoms with Gasteiger partial charge < -0.3 is 14.7 Å². The van der Waals surface area contributed by atoms with Crippen LogP contribution in [0.5, 0.6) is 0 Å². The molecule has 0 aliphatic carbocycles. The molecule has 1 N–H and O–H groups in total. The van der Waals surface area contributed by atoms with E-state index in [9.17, 15) is 0 Å². The summed E-state index contributed by atoms with van der Waals surface area (Å²) in [5.41, 5.74) is 2.29. The predicted molar refractivity (Wildman–Crippen MR) is 97.3 cm³/mol. The van der Waals surface area contributed by atoms with E-state index < -0.39 is 11.4 Å². The minimum atomic E-state index is -0.536. The van der Waals surface area contributed by atoms with Crippen LogP contribution < -0.4 is 0 Å². The lowest BCUT2D eigenvalue weighted by Gasteiger charge is -2.24. The molecule has 2 aromatic rings. The first-order valence-corrected chi connectivity index (χ1v) is 9.41. The molecule has 1 aromatic carbocycles. The van der Waals surface area contributed by atoms with Crippen molar-refractivity contribution < 1.29 is 14.7 Å². The molecule has 3 rings (SSSR count). The molecule has 1 fully saturated rings. The molecule has 6 heteroatoms. The Balaban J connectivity index is 1.73. The number of nitrogens with zero attached hydrogens (tertiary/aromatic N) is 1. The molecular formula is C18H21NO3S2. The van der Waals surface area contributed by atoms with Gasteiger partial charge >= 0.3 is 0 Å². The van der Waals surface area contributed by atoms with Crippen molar-refractivity contribution in [3.63, 3.8) is 0 Å². The highest BCUT2D eigenvalue weighted by atomic mass is 32.2. The van der Waals surface area contributed by atoms with Crippen LogP contribution in [0.4, 0.5) is 0 Å². The van der Waals surface area contributed by atoms with E-state index in [1.807, 2.05) is 38.1 Å². The molecule has 2 heterocycles. The molecule has 0 amide bonds. The lowest BCUT2D eigenvalue weighted by atomic mass is 10.0. The van der Waals surface area contributed by atoms with E-state index in [1.54, 1.807) is 30.0 Å². The minimum Gasteiger partial charge on any atom is -0.411 e. The fraction of sp³-hybridized carbons (Fsp3) is 0.389. The number of benzene rings is 1. The van der Waals surface area contributed by atoms with Crippen molar-refractivity contribution in [3.8, 4) is 0 Å². The Morgan fingerprint density at radius 2 is 1.96 bits per heavy atom. The summed E-state index contributed by atoms with van der Waals surface area (Å²) in [6, 6.07) is 10.2. The average molecular weight is 364 g/mol. The zero-order valence-corrected chi connectivity index (χ0v) is 15.8. The van der Waals surface area contributed by atoms with Gasteiger partial charge in [-0.2, -0.15) is 0 Å². The van der Waals surface area contributed by atoms with E-state index in [2.05, 4.69) is 23.5 Å². The van der Waals surface area contributed by atoms with E-state index in [0.29, 0.717) is 12.3 Å². The zero-order valence-electron chi connectivity index (χ0n) is 14.2. The maximum absolute atomic E-state index is 8.82. The Morgan fingerprint density at radius 1 is 1.25 bits per heavy atom. The largest absolute Gasteiger partial charge is 0.411 e. The summed E-state index contributed by atoms with van der Waals surface area (Å²) in [7, 11) is 0. The molecule has 4 nitrogen and oxygen atoms in total. The second kappa shape index (κ2) is 6.52. The summed E-state index contributed by atoms with van der Waals surface area (Å²) in [6.45, 7) is 8.30. The summed E-state index contributed by atoms with van der Waals surface area (Å²) in [5.74, 6) is -0.536. The van der Waals surface area contributed by atoms with Crippen LogP contribution in [0.3, 0.4) is 0 Å². The van der Waals surface area contributed by atoms with Crippen molar-refractivity contribution in [1.29, 1.82) is 0 Å². The van der Waals surface area contributed by atoms with Crippen molar-refractivity contribution >= 4 is 28.8 Å². The number of rotatable bonds is 4. The predicted octanol–water partition coefficient (Wildman–Crippen LogP) is 5.10. The van der Waals surface area contributed by atoms with Crippen LogP contribution in [-0.4, -0.2) is 23.3 Å². The van der Waals surface area contributed by atoms with Crippen LogP contribution >= 0.6 is 23.1 Å². The van der Waals surface area contributed by atoms with Gasteiger partial charge in [0.05, 0.1) is 16.5 Å². The smallest absolute Gasteiger partial charge is 0.164 e. The lowest BCUT2D eigenvalue weighted by molar-refractivity contribution is -0.159. The van der Waals surface area contributed by atoms with Crippen LogP contribution in [0.25, 0.3) is 0 Å². The van der Waals surface area contributed by atoms with Gasteiger partial charge in [0, 0.05) is 4.90 Å². The van der Waals surface area contributed by atoms with Crippen LogP contribution in [0.2, 0.25) is 0 Å². The van der Waals surface area contributed by atoms with Crippen molar-refractivity contribution in [1.82, 2.24) is 0 Å². The van der Waals surface area contributed by atoms with Gasteiger partial charge in [-0.1, -0.05) is 29.1 Å². The number of ether oxygens (including phenoxy) is 2. The lowest BCUT2D eigenvalue weighted by Crippen LogP contribution is -2.27. The molecule has 0 bridgehead atoms. The molecule has 128 valence electrons. The summed E-state index contributed by atoms with van der Waals surface area (Å²) in [6.07, 6.45) is 0. The van der Waals surface area contributed by atoms with Gasteiger partial charge in [0.1, 0.15) is 5.60 Å². The van der Waals surface area contributed by atoms with Gasteiger partial charge in [0.2, 0.25) is 0 Å². The normalized spacial score (nSPS) is 23.6. The molecule has 0 radical (unpaired) electrons. The Bertz CT molecular complexity index is 752. The molecule has 1 atom stereocenters. The van der Waals surface area contributed by atoms with Crippen molar-refractivity contribution in [3.05, 3.63) is 46.8 Å². The molecule has 0 spiro atoms. The topological polar surface area (TPSA) is 51.1 Å². The second-order valence-electron chi connectivity index (χ2n) is 6.49. The molecule has 1 saturated heterocycles. The van der Waals surface area contributed by atoms with Gasteiger partial charge in [-0.05, 0) is 62.4 Å². The first-order valence-electron chi connectivity index (χ1n) is 7.71. The van der Waals surface area contributed by atoms with E-state index >= 15 is 0 Å². The van der Waals surface area contributed by atoms with Gasteiger partial charge in [0.15, 0.2) is 5.79 Å². The third kappa shape index (κ3) is 3.67. The fourth-order valence-electron chi connectivity index (χ4n) is 2.64. The maximum atomic E-state index is 8.82. The van der Waals surface area contributed by atoms with Crippen molar-refractivity contribution in [2.24, 2.45) is 5.16 Å². The number of hydrogen-bond acceptors (Lipinski definition) is 6. The molecule has 1 aliphatic heterocycles. The quantitative estimate of drug-likeness (QED) is 0.467. The number of oxime groups is 1. The standard InChI is InChI=1S/C18H21NO3S2/c1-12(19-20)13-5-7-15(8-6-13)24-16-9-14(10-23-16)18(4)11-21-17(2,3)22-18/h5-10,20H,11H2,1-4H3/b19-12+/t18-/m1/s1. The fourth-order valence-corrected chi connectivity index (χ4v) is 4.71. The number of hydrogen-bond donors (Lipinski definition) is 1. The minimum absolute atomic E-state index is 0.391. The Kier molecular flexibility index (Phi) is 4.75. The van der Waals surface area contributed by atoms with Crippen molar-refractivity contribution in [2.45, 2.75) is 48.2 Å². The van der Waals surface area contributed by atoms with E-state index in [1.165, 1.54) is 4.21 Å². The zero-order chi connectivity index (χ0) is 17.4. The summed E-state index contributed by atoms with van der Waals surface area (Å²) in [4.78, 5) is 1.15. The highest BCUT2D eigenvalue weighted by Gasteiger charge is 2.43. The Labute approximate surface area is 150 Å². The molecule has 0 unspecified atom stereocenters. The van der Waals surface area contributed by atoms with Gasteiger partial charge in [0.25, 0.3) is 0 Å². The van der Waals surface area contributed by atoms with E-state index in [0.717, 1.165) is 16.0 Å².